The van der Waals surface area contributed by atoms with Crippen LogP contribution in [0.3, 0.4) is 0 Å². The molecular formula is C13H16F3N3O. The summed E-state index contributed by atoms with van der Waals surface area (Å²) in [5.41, 5.74) is -0.939. The molecule has 20 heavy (non-hydrogen) atoms. The van der Waals surface area contributed by atoms with Gasteiger partial charge in [0.15, 0.2) is 0 Å². The normalized spacial score (nSPS) is 11.5. The molecule has 0 radical (unpaired) electrons. The molecule has 1 aromatic heterocycles. The first kappa shape index (κ1) is 16.2. The number of hydrogen-bond donors (Lipinski definition) is 1. The van der Waals surface area contributed by atoms with Crippen molar-refractivity contribution >= 4 is 5.82 Å². The highest BCUT2D eigenvalue weighted by atomic mass is 19.4. The molecule has 110 valence electrons. The molecule has 0 aliphatic heterocycles. The fraction of sp³-hybridized carbons (Fsp3) is 0.538. The number of pyridine rings is 1. The fourth-order valence-electron chi connectivity index (χ4n) is 1.76. The molecule has 0 bridgehead atoms. The third-order valence-electron chi connectivity index (χ3n) is 2.74. The van der Waals surface area contributed by atoms with E-state index < -0.39 is 11.9 Å². The molecule has 0 atom stereocenters. The van der Waals surface area contributed by atoms with Gasteiger partial charge in [0, 0.05) is 19.2 Å². The van der Waals surface area contributed by atoms with Crippen LogP contribution in [0, 0.1) is 11.3 Å². The standard InChI is InChI=1S/C13H16F3N3O/c1-9(2)19(6-3-7-20)12-10(8-17)4-5-11(18-12)13(14,15)16/h4-5,9,20H,3,6-7H2,1-2H3. The Bertz CT molecular complexity index is 495. The fourth-order valence-corrected chi connectivity index (χ4v) is 1.76. The van der Waals surface area contributed by atoms with E-state index in [1.54, 1.807) is 18.7 Å². The molecule has 0 spiro atoms. The van der Waals surface area contributed by atoms with Crippen LogP contribution >= 0.6 is 0 Å². The van der Waals surface area contributed by atoms with Crippen molar-refractivity contribution < 1.29 is 18.3 Å². The van der Waals surface area contributed by atoms with Crippen LogP contribution in [0.4, 0.5) is 19.0 Å². The Balaban J connectivity index is 3.27. The highest BCUT2D eigenvalue weighted by Gasteiger charge is 2.33. The first-order valence-electron chi connectivity index (χ1n) is 6.17. The summed E-state index contributed by atoms with van der Waals surface area (Å²) in [5.74, 6) is 0.00535. The van der Waals surface area contributed by atoms with Gasteiger partial charge in [-0.3, -0.25) is 0 Å². The first-order chi connectivity index (χ1) is 9.31. The molecule has 0 saturated carbocycles. The number of halogens is 3. The van der Waals surface area contributed by atoms with Crippen LogP contribution in [0.1, 0.15) is 31.5 Å². The quantitative estimate of drug-likeness (QED) is 0.904. The minimum Gasteiger partial charge on any atom is -0.396 e. The van der Waals surface area contributed by atoms with Gasteiger partial charge < -0.3 is 10.0 Å². The number of nitriles is 1. The molecular weight excluding hydrogens is 271 g/mol. The van der Waals surface area contributed by atoms with Crippen LogP contribution in [0.5, 0.6) is 0 Å². The Labute approximate surface area is 115 Å². The predicted molar refractivity (Wildman–Crippen MR) is 68.1 cm³/mol. The van der Waals surface area contributed by atoms with Crippen molar-refractivity contribution in [2.24, 2.45) is 0 Å². The molecule has 1 N–H and O–H groups in total. The Kier molecular flexibility index (Phi) is 5.34. The number of nitrogens with zero attached hydrogens (tertiary/aromatic N) is 3. The van der Waals surface area contributed by atoms with Gasteiger partial charge >= 0.3 is 6.18 Å². The molecule has 4 nitrogen and oxygen atoms in total. The summed E-state index contributed by atoms with van der Waals surface area (Å²) in [6.07, 6.45) is -4.16. The monoisotopic (exact) mass is 287 g/mol. The Morgan fingerprint density at radius 1 is 1.40 bits per heavy atom. The molecule has 1 heterocycles. The van der Waals surface area contributed by atoms with Crippen LogP contribution in [-0.4, -0.2) is 29.3 Å². The zero-order valence-electron chi connectivity index (χ0n) is 11.3. The van der Waals surface area contributed by atoms with E-state index in [4.69, 9.17) is 10.4 Å². The second kappa shape index (κ2) is 6.57. The molecule has 0 amide bonds. The van der Waals surface area contributed by atoms with E-state index in [0.717, 1.165) is 12.1 Å². The number of hydrogen-bond acceptors (Lipinski definition) is 4. The number of anilines is 1. The van der Waals surface area contributed by atoms with Crippen molar-refractivity contribution in [1.29, 1.82) is 5.26 Å². The van der Waals surface area contributed by atoms with Gasteiger partial charge in [0.1, 0.15) is 17.6 Å². The molecule has 0 saturated heterocycles. The summed E-state index contributed by atoms with van der Waals surface area (Å²) < 4.78 is 38.1. The van der Waals surface area contributed by atoms with Crippen LogP contribution in [0.25, 0.3) is 0 Å². The zero-order chi connectivity index (χ0) is 15.3. The smallest absolute Gasteiger partial charge is 0.396 e. The minimum atomic E-state index is -4.55. The van der Waals surface area contributed by atoms with Crippen molar-refractivity contribution in [3.63, 3.8) is 0 Å². The number of aliphatic hydroxyl groups is 1. The van der Waals surface area contributed by atoms with Crippen molar-refractivity contribution in [2.45, 2.75) is 32.5 Å². The number of rotatable bonds is 5. The summed E-state index contributed by atoms with van der Waals surface area (Å²) in [5, 5.41) is 17.9. The molecule has 0 unspecified atom stereocenters. The summed E-state index contributed by atoms with van der Waals surface area (Å²) >= 11 is 0. The number of aromatic nitrogens is 1. The van der Waals surface area contributed by atoms with E-state index >= 15 is 0 Å². The molecule has 0 fully saturated rings. The SMILES string of the molecule is CC(C)N(CCCO)c1nc(C(F)(F)F)ccc1C#N. The topological polar surface area (TPSA) is 60.1 Å². The van der Waals surface area contributed by atoms with E-state index in [1.807, 2.05) is 6.07 Å². The lowest BCUT2D eigenvalue weighted by Gasteiger charge is -2.29. The Morgan fingerprint density at radius 3 is 2.50 bits per heavy atom. The van der Waals surface area contributed by atoms with Crippen molar-refractivity contribution in [3.05, 3.63) is 23.4 Å². The average Bonchev–Trinajstić information content (AvgIpc) is 2.37. The van der Waals surface area contributed by atoms with Gasteiger partial charge in [-0.15, -0.1) is 0 Å². The van der Waals surface area contributed by atoms with E-state index in [1.165, 1.54) is 0 Å². The van der Waals surface area contributed by atoms with Gasteiger partial charge in [0.25, 0.3) is 0 Å². The van der Waals surface area contributed by atoms with Crippen molar-refractivity contribution in [1.82, 2.24) is 4.98 Å². The number of alkyl halides is 3. The van der Waals surface area contributed by atoms with Gasteiger partial charge in [0.05, 0.1) is 5.56 Å². The van der Waals surface area contributed by atoms with E-state index in [2.05, 4.69) is 4.98 Å². The van der Waals surface area contributed by atoms with Gasteiger partial charge in [-0.25, -0.2) is 4.98 Å². The maximum atomic E-state index is 12.7. The lowest BCUT2D eigenvalue weighted by atomic mass is 10.2. The third kappa shape index (κ3) is 3.84. The van der Waals surface area contributed by atoms with Crippen LogP contribution < -0.4 is 4.90 Å². The van der Waals surface area contributed by atoms with Gasteiger partial charge in [-0.1, -0.05) is 0 Å². The average molecular weight is 287 g/mol. The molecule has 1 rings (SSSR count). The van der Waals surface area contributed by atoms with Crippen molar-refractivity contribution in [2.75, 3.05) is 18.1 Å². The van der Waals surface area contributed by atoms with Gasteiger partial charge in [-0.2, -0.15) is 18.4 Å². The zero-order valence-corrected chi connectivity index (χ0v) is 11.3. The molecule has 7 heteroatoms. The van der Waals surface area contributed by atoms with Crippen LogP contribution in [0.2, 0.25) is 0 Å². The first-order valence-corrected chi connectivity index (χ1v) is 6.17. The third-order valence-corrected chi connectivity index (χ3v) is 2.74. The second-order valence-corrected chi connectivity index (χ2v) is 4.54. The van der Waals surface area contributed by atoms with E-state index in [-0.39, 0.29) is 24.0 Å². The summed E-state index contributed by atoms with van der Waals surface area (Å²) in [6, 6.07) is 3.64. The lowest BCUT2D eigenvalue weighted by molar-refractivity contribution is -0.141. The second-order valence-electron chi connectivity index (χ2n) is 4.54. The predicted octanol–water partition coefficient (Wildman–Crippen LogP) is 2.57. The van der Waals surface area contributed by atoms with Crippen LogP contribution in [0.15, 0.2) is 12.1 Å². The van der Waals surface area contributed by atoms with Gasteiger partial charge in [-0.05, 0) is 32.4 Å². The summed E-state index contributed by atoms with van der Waals surface area (Å²) in [6.45, 7) is 3.84. The highest BCUT2D eigenvalue weighted by Crippen LogP contribution is 2.31. The van der Waals surface area contributed by atoms with Crippen molar-refractivity contribution in [3.8, 4) is 6.07 Å². The molecule has 0 aliphatic rings. The Morgan fingerprint density at radius 2 is 2.05 bits per heavy atom. The van der Waals surface area contributed by atoms with Crippen LogP contribution in [-0.2, 0) is 6.18 Å². The maximum absolute atomic E-state index is 12.7. The molecule has 1 aromatic rings. The number of aliphatic hydroxyl groups excluding tert-OH is 1. The molecule has 0 aliphatic carbocycles. The van der Waals surface area contributed by atoms with Gasteiger partial charge in [0.2, 0.25) is 0 Å². The minimum absolute atomic E-state index is 0.00535. The summed E-state index contributed by atoms with van der Waals surface area (Å²) in [7, 11) is 0. The Hall–Kier alpha value is -1.81. The largest absolute Gasteiger partial charge is 0.433 e. The van der Waals surface area contributed by atoms with E-state index in [9.17, 15) is 13.2 Å². The summed E-state index contributed by atoms with van der Waals surface area (Å²) in [4.78, 5) is 5.17. The molecule has 0 aromatic carbocycles. The highest BCUT2D eigenvalue weighted by molar-refractivity contribution is 5.55. The van der Waals surface area contributed by atoms with E-state index in [0.29, 0.717) is 13.0 Å². The maximum Gasteiger partial charge on any atom is 0.433 e. The lowest BCUT2D eigenvalue weighted by Crippen LogP contribution is -2.34.